The van der Waals surface area contributed by atoms with Crippen LogP contribution in [0.25, 0.3) is 5.57 Å². The number of ether oxygens (including phenoxy) is 2. The Morgan fingerprint density at radius 2 is 1.80 bits per heavy atom. The van der Waals surface area contributed by atoms with Crippen molar-refractivity contribution in [1.82, 2.24) is 5.32 Å². The van der Waals surface area contributed by atoms with Crippen LogP contribution < -0.4 is 15.0 Å². The van der Waals surface area contributed by atoms with Gasteiger partial charge >= 0.3 is 18.4 Å². The largest absolute Gasteiger partial charge is 0.420 e. The molecular weight excluding hydrogens is 551 g/mol. The minimum absolute atomic E-state index is 0.0349. The van der Waals surface area contributed by atoms with Gasteiger partial charge in [-0.1, -0.05) is 0 Å². The van der Waals surface area contributed by atoms with E-state index in [2.05, 4.69) is 5.32 Å². The van der Waals surface area contributed by atoms with Gasteiger partial charge in [-0.05, 0) is 55.7 Å². The first kappa shape index (κ1) is 30.9. The van der Waals surface area contributed by atoms with Gasteiger partial charge in [-0.25, -0.2) is 9.18 Å². The van der Waals surface area contributed by atoms with E-state index in [9.17, 15) is 40.6 Å². The Hall–Kier alpha value is -3.65. The highest BCUT2D eigenvalue weighted by atomic mass is 19.4. The number of allylic oxidation sites excluding steroid dienone is 1. The van der Waals surface area contributed by atoms with Crippen LogP contribution in [-0.4, -0.2) is 49.8 Å². The van der Waals surface area contributed by atoms with Crippen LogP contribution in [0.3, 0.4) is 0 Å². The molecule has 0 heterocycles. The molecule has 1 saturated carbocycles. The van der Waals surface area contributed by atoms with Gasteiger partial charge in [0.2, 0.25) is 0 Å². The Morgan fingerprint density at radius 3 is 2.35 bits per heavy atom. The van der Waals surface area contributed by atoms with Gasteiger partial charge < -0.3 is 25.3 Å². The van der Waals surface area contributed by atoms with Crippen molar-refractivity contribution in [3.05, 3.63) is 65.1 Å². The van der Waals surface area contributed by atoms with Crippen molar-refractivity contribution >= 4 is 23.6 Å². The summed E-state index contributed by atoms with van der Waals surface area (Å²) in [6.07, 6.45) is -9.40. The van der Waals surface area contributed by atoms with Crippen LogP contribution in [0.1, 0.15) is 36.0 Å². The zero-order valence-corrected chi connectivity index (χ0v) is 21.1. The molecule has 3 N–H and O–H groups in total. The first-order valence-electron chi connectivity index (χ1n) is 12.0. The first-order valence-corrected chi connectivity index (χ1v) is 12.0. The highest BCUT2D eigenvalue weighted by Gasteiger charge is 2.41. The number of hydrogen-bond acceptors (Lipinski definition) is 6. The van der Waals surface area contributed by atoms with E-state index in [1.54, 1.807) is 0 Å². The van der Waals surface area contributed by atoms with Crippen molar-refractivity contribution in [1.29, 1.82) is 5.41 Å². The molecule has 7 nitrogen and oxygen atoms in total. The number of anilines is 1. The smallest absolute Gasteiger partial charge is 0.409 e. The number of benzene rings is 2. The summed E-state index contributed by atoms with van der Waals surface area (Å²) < 4.78 is 106. The fourth-order valence-electron chi connectivity index (χ4n) is 3.99. The van der Waals surface area contributed by atoms with Crippen molar-refractivity contribution in [3.8, 4) is 5.75 Å². The zero-order chi connectivity index (χ0) is 29.7. The molecule has 2 unspecified atom stereocenters. The third-order valence-corrected chi connectivity index (χ3v) is 6.08. The van der Waals surface area contributed by atoms with Gasteiger partial charge in [0, 0.05) is 42.8 Å². The lowest BCUT2D eigenvalue weighted by Crippen LogP contribution is -2.30. The molecular formula is C26H26F7N3O4. The van der Waals surface area contributed by atoms with Crippen LogP contribution in [-0.2, 0) is 17.1 Å². The number of aliphatic hydroxyl groups is 1. The summed E-state index contributed by atoms with van der Waals surface area (Å²) in [6.45, 7) is 0.192. The molecule has 0 aromatic heterocycles. The zero-order valence-electron chi connectivity index (χ0n) is 21.1. The van der Waals surface area contributed by atoms with Crippen molar-refractivity contribution in [2.75, 3.05) is 25.1 Å². The van der Waals surface area contributed by atoms with Gasteiger partial charge in [0.1, 0.15) is 5.82 Å². The third kappa shape index (κ3) is 7.94. The van der Waals surface area contributed by atoms with Gasteiger partial charge in [0.05, 0.1) is 29.9 Å². The number of nitrogens with one attached hydrogen (secondary N) is 2. The van der Waals surface area contributed by atoms with E-state index in [0.717, 1.165) is 42.4 Å². The molecule has 2 atom stereocenters. The van der Waals surface area contributed by atoms with E-state index in [0.29, 0.717) is 31.5 Å². The number of amides is 1. The maximum atomic E-state index is 14.0. The topological polar surface area (TPSA) is 94.9 Å². The fourth-order valence-corrected chi connectivity index (χ4v) is 3.99. The molecule has 1 aliphatic carbocycles. The minimum atomic E-state index is -5.37. The number of nitrogens with zero attached hydrogens (tertiary/aromatic N) is 1. The van der Waals surface area contributed by atoms with Crippen molar-refractivity contribution in [3.63, 3.8) is 0 Å². The molecule has 0 aliphatic heterocycles. The molecule has 218 valence electrons. The van der Waals surface area contributed by atoms with Crippen LogP contribution in [0.5, 0.6) is 5.75 Å². The van der Waals surface area contributed by atoms with Crippen molar-refractivity contribution in [2.45, 2.75) is 43.8 Å². The SMILES string of the molecule is CN(C(=O)Oc1c(/C(C=N)=C/NCCOC2CCC(O)C2)cc(C(F)(F)F)cc1C(F)(F)F)c1ccc(F)cc1. The molecule has 0 radical (unpaired) electrons. The quantitative estimate of drug-likeness (QED) is 0.193. The molecule has 0 spiro atoms. The Bertz CT molecular complexity index is 1230. The third-order valence-electron chi connectivity index (χ3n) is 6.08. The molecule has 40 heavy (non-hydrogen) atoms. The molecule has 1 aliphatic rings. The summed E-state index contributed by atoms with van der Waals surface area (Å²) in [4.78, 5) is 13.5. The second kappa shape index (κ2) is 12.7. The van der Waals surface area contributed by atoms with Gasteiger partial charge in [0.15, 0.2) is 5.75 Å². The predicted molar refractivity (Wildman–Crippen MR) is 132 cm³/mol. The van der Waals surface area contributed by atoms with Crippen molar-refractivity contribution < 1.29 is 50.1 Å². The van der Waals surface area contributed by atoms with Gasteiger partial charge in [-0.15, -0.1) is 0 Å². The molecule has 1 fully saturated rings. The lowest BCUT2D eigenvalue weighted by molar-refractivity contribution is -0.143. The number of aliphatic hydroxyl groups excluding tert-OH is 1. The Balaban J connectivity index is 1.96. The first-order chi connectivity index (χ1) is 18.7. The standard InChI is InChI=1S/C26H26F7N3O4/c1-36(18-4-2-17(27)3-5-18)24(38)40-23-21(10-16(25(28,29)30)11-22(23)26(31,32)33)15(13-34)14-35-8-9-39-20-7-6-19(37)12-20/h2-5,10-11,13-14,19-20,34-35,37H,6-9,12H2,1H3/b15-14+,34-13?. The van der Waals surface area contributed by atoms with E-state index >= 15 is 0 Å². The molecule has 3 rings (SSSR count). The fraction of sp³-hybridized carbons (Fsp3) is 0.385. The van der Waals surface area contributed by atoms with Gasteiger partial charge in [-0.2, -0.15) is 26.3 Å². The monoisotopic (exact) mass is 577 g/mol. The lowest BCUT2D eigenvalue weighted by atomic mass is 9.98. The average Bonchev–Trinajstić information content (AvgIpc) is 3.30. The molecule has 14 heteroatoms. The number of alkyl halides is 6. The summed E-state index contributed by atoms with van der Waals surface area (Å²) in [5.41, 5.74) is -4.77. The number of carbonyl (C=O) groups is 1. The summed E-state index contributed by atoms with van der Waals surface area (Å²) >= 11 is 0. The number of carbonyl (C=O) groups excluding carboxylic acids is 1. The van der Waals surface area contributed by atoms with Crippen LogP contribution in [0.15, 0.2) is 42.6 Å². The van der Waals surface area contributed by atoms with Gasteiger partial charge in [0.25, 0.3) is 0 Å². The summed E-state index contributed by atoms with van der Waals surface area (Å²) in [6, 6.07) is 4.45. The van der Waals surface area contributed by atoms with Crippen LogP contribution in [0.2, 0.25) is 0 Å². The highest BCUT2D eigenvalue weighted by Crippen LogP contribution is 2.44. The predicted octanol–water partition coefficient (Wildman–Crippen LogP) is 6.01. The van der Waals surface area contributed by atoms with E-state index in [1.165, 1.54) is 0 Å². The Kier molecular flexibility index (Phi) is 9.79. The van der Waals surface area contributed by atoms with Crippen LogP contribution >= 0.6 is 0 Å². The highest BCUT2D eigenvalue weighted by molar-refractivity contribution is 6.10. The van der Waals surface area contributed by atoms with E-state index in [-0.39, 0.29) is 31.0 Å². The van der Waals surface area contributed by atoms with Gasteiger partial charge in [-0.3, -0.25) is 4.90 Å². The molecule has 1 amide bonds. The summed E-state index contributed by atoms with van der Waals surface area (Å²) in [5.74, 6) is -1.89. The molecule has 0 saturated heterocycles. The van der Waals surface area contributed by atoms with Crippen molar-refractivity contribution in [2.24, 2.45) is 0 Å². The molecule has 2 aromatic carbocycles. The average molecular weight is 577 g/mol. The second-order valence-electron chi connectivity index (χ2n) is 8.96. The Morgan fingerprint density at radius 1 is 1.12 bits per heavy atom. The maximum Gasteiger partial charge on any atom is 0.420 e. The Labute approximate surface area is 224 Å². The van der Waals surface area contributed by atoms with E-state index < -0.39 is 58.4 Å². The normalized spacial score (nSPS) is 18.0. The summed E-state index contributed by atoms with van der Waals surface area (Å²) in [7, 11) is 1.12. The second-order valence-corrected chi connectivity index (χ2v) is 8.96. The number of halogens is 7. The van der Waals surface area contributed by atoms with Crippen LogP contribution in [0.4, 0.5) is 41.2 Å². The summed E-state index contributed by atoms with van der Waals surface area (Å²) in [5, 5.41) is 19.9. The lowest BCUT2D eigenvalue weighted by Gasteiger charge is -2.22. The molecule has 2 aromatic rings. The van der Waals surface area contributed by atoms with E-state index in [4.69, 9.17) is 14.9 Å². The maximum absolute atomic E-state index is 14.0. The number of rotatable bonds is 9. The minimum Gasteiger partial charge on any atom is -0.409 e. The van der Waals surface area contributed by atoms with Crippen LogP contribution in [0, 0.1) is 11.2 Å². The van der Waals surface area contributed by atoms with E-state index in [1.807, 2.05) is 0 Å². The molecule has 0 bridgehead atoms. The number of hydrogen-bond donors (Lipinski definition) is 3.